The van der Waals surface area contributed by atoms with Gasteiger partial charge in [-0.3, -0.25) is 0 Å². The first kappa shape index (κ1) is 14.1. The SMILES string of the molecule is CSc1ccc(C(C)NC2CC3CC2C2CCCC32)cc1. The highest BCUT2D eigenvalue weighted by atomic mass is 32.2. The smallest absolute Gasteiger partial charge is 0.0294 e. The molecular formula is C19H27NS. The Morgan fingerprint density at radius 3 is 2.57 bits per heavy atom. The lowest BCUT2D eigenvalue weighted by atomic mass is 9.79. The maximum Gasteiger partial charge on any atom is 0.0294 e. The van der Waals surface area contributed by atoms with Gasteiger partial charge in [0.25, 0.3) is 0 Å². The Bertz CT molecular complexity index is 497. The highest BCUT2D eigenvalue weighted by Gasteiger charge is 2.53. The molecule has 0 aliphatic heterocycles. The highest BCUT2D eigenvalue weighted by molar-refractivity contribution is 7.98. The van der Waals surface area contributed by atoms with Crippen LogP contribution in [0.2, 0.25) is 0 Å². The zero-order valence-corrected chi connectivity index (χ0v) is 14.0. The molecule has 6 unspecified atom stereocenters. The molecule has 0 radical (unpaired) electrons. The molecule has 6 atom stereocenters. The fraction of sp³-hybridized carbons (Fsp3) is 0.684. The molecule has 0 aromatic heterocycles. The molecule has 2 heteroatoms. The second kappa shape index (κ2) is 5.62. The zero-order chi connectivity index (χ0) is 14.4. The summed E-state index contributed by atoms with van der Waals surface area (Å²) in [5.74, 6) is 4.19. The lowest BCUT2D eigenvalue weighted by Crippen LogP contribution is -2.40. The van der Waals surface area contributed by atoms with Crippen LogP contribution in [0.15, 0.2) is 29.2 Å². The molecule has 3 aliphatic carbocycles. The van der Waals surface area contributed by atoms with Gasteiger partial charge in [-0.2, -0.15) is 0 Å². The first-order valence-corrected chi connectivity index (χ1v) is 9.88. The Morgan fingerprint density at radius 1 is 1.05 bits per heavy atom. The Balaban J connectivity index is 1.42. The third kappa shape index (κ3) is 2.45. The quantitative estimate of drug-likeness (QED) is 0.795. The Morgan fingerprint density at radius 2 is 1.81 bits per heavy atom. The first-order chi connectivity index (χ1) is 10.3. The molecule has 3 fully saturated rings. The molecule has 0 saturated heterocycles. The van der Waals surface area contributed by atoms with Gasteiger partial charge >= 0.3 is 0 Å². The second-order valence-electron chi connectivity index (χ2n) is 7.42. The van der Waals surface area contributed by atoms with Crippen molar-refractivity contribution in [3.05, 3.63) is 29.8 Å². The molecular weight excluding hydrogens is 274 g/mol. The summed E-state index contributed by atoms with van der Waals surface area (Å²) in [6.45, 7) is 2.34. The van der Waals surface area contributed by atoms with Crippen LogP contribution >= 0.6 is 11.8 Å². The van der Waals surface area contributed by atoms with Crippen molar-refractivity contribution >= 4 is 11.8 Å². The van der Waals surface area contributed by atoms with E-state index >= 15 is 0 Å². The van der Waals surface area contributed by atoms with Crippen LogP contribution in [0.5, 0.6) is 0 Å². The zero-order valence-electron chi connectivity index (χ0n) is 13.2. The maximum absolute atomic E-state index is 3.97. The van der Waals surface area contributed by atoms with E-state index in [1.165, 1.54) is 42.6 Å². The molecule has 2 bridgehead atoms. The second-order valence-corrected chi connectivity index (χ2v) is 8.30. The van der Waals surface area contributed by atoms with E-state index in [-0.39, 0.29) is 0 Å². The van der Waals surface area contributed by atoms with Crippen LogP contribution in [0.25, 0.3) is 0 Å². The molecule has 0 heterocycles. The Labute approximate surface area is 133 Å². The molecule has 3 saturated carbocycles. The van der Waals surface area contributed by atoms with E-state index in [4.69, 9.17) is 0 Å². The third-order valence-corrected chi connectivity index (χ3v) is 7.25. The van der Waals surface area contributed by atoms with Crippen molar-refractivity contribution in [2.75, 3.05) is 6.26 Å². The van der Waals surface area contributed by atoms with Crippen molar-refractivity contribution in [1.82, 2.24) is 5.32 Å². The van der Waals surface area contributed by atoms with Gasteiger partial charge in [0, 0.05) is 17.0 Å². The number of benzene rings is 1. The minimum absolute atomic E-state index is 0.491. The predicted octanol–water partition coefficient (Wildman–Crippen LogP) is 4.88. The van der Waals surface area contributed by atoms with Crippen LogP contribution in [-0.2, 0) is 0 Å². The van der Waals surface area contributed by atoms with Gasteiger partial charge in [0.05, 0.1) is 0 Å². The van der Waals surface area contributed by atoms with Crippen LogP contribution in [0.1, 0.15) is 50.6 Å². The van der Waals surface area contributed by atoms with Gasteiger partial charge in [-0.25, -0.2) is 0 Å². The van der Waals surface area contributed by atoms with Gasteiger partial charge in [-0.05, 0) is 80.2 Å². The highest BCUT2D eigenvalue weighted by Crippen LogP contribution is 2.58. The van der Waals surface area contributed by atoms with Crippen molar-refractivity contribution in [2.24, 2.45) is 23.7 Å². The molecule has 3 aliphatic rings. The number of thioether (sulfide) groups is 1. The molecule has 1 aromatic carbocycles. The van der Waals surface area contributed by atoms with E-state index in [9.17, 15) is 0 Å². The van der Waals surface area contributed by atoms with E-state index < -0.39 is 0 Å². The monoisotopic (exact) mass is 301 g/mol. The van der Waals surface area contributed by atoms with E-state index in [0.717, 1.165) is 29.7 Å². The van der Waals surface area contributed by atoms with Crippen LogP contribution in [0.4, 0.5) is 0 Å². The van der Waals surface area contributed by atoms with Crippen LogP contribution in [-0.4, -0.2) is 12.3 Å². The lowest BCUT2D eigenvalue weighted by Gasteiger charge is -2.34. The summed E-state index contributed by atoms with van der Waals surface area (Å²) in [6.07, 6.45) is 9.65. The fourth-order valence-electron chi connectivity index (χ4n) is 5.57. The number of hydrogen-bond acceptors (Lipinski definition) is 2. The van der Waals surface area contributed by atoms with Crippen LogP contribution in [0.3, 0.4) is 0 Å². The standard InChI is InChI=1S/C19H27NS/c1-12(13-6-8-15(21-2)9-7-13)20-19-11-14-10-18(19)17-5-3-4-16(14)17/h6-9,12,14,16-20H,3-5,10-11H2,1-2H3. The van der Waals surface area contributed by atoms with Gasteiger partial charge in [-0.15, -0.1) is 11.8 Å². The third-order valence-electron chi connectivity index (χ3n) is 6.51. The van der Waals surface area contributed by atoms with Gasteiger partial charge in [0.2, 0.25) is 0 Å². The summed E-state index contributed by atoms with van der Waals surface area (Å²) < 4.78 is 0. The van der Waals surface area contributed by atoms with Gasteiger partial charge in [0.1, 0.15) is 0 Å². The minimum Gasteiger partial charge on any atom is -0.307 e. The van der Waals surface area contributed by atoms with Gasteiger partial charge in [-0.1, -0.05) is 18.6 Å². The van der Waals surface area contributed by atoms with Gasteiger partial charge < -0.3 is 5.32 Å². The number of nitrogens with one attached hydrogen (secondary N) is 1. The van der Waals surface area contributed by atoms with Gasteiger partial charge in [0.15, 0.2) is 0 Å². The molecule has 0 amide bonds. The van der Waals surface area contributed by atoms with E-state index in [1.807, 2.05) is 11.8 Å². The number of rotatable bonds is 4. The first-order valence-electron chi connectivity index (χ1n) is 8.66. The van der Waals surface area contributed by atoms with E-state index in [2.05, 4.69) is 42.8 Å². The largest absolute Gasteiger partial charge is 0.307 e. The molecule has 114 valence electrons. The molecule has 0 spiro atoms. The maximum atomic E-state index is 3.97. The number of fused-ring (bicyclic) bond motifs is 5. The molecule has 1 aromatic rings. The predicted molar refractivity (Wildman–Crippen MR) is 90.6 cm³/mol. The average Bonchev–Trinajstić information content (AvgIpc) is 3.19. The number of hydrogen-bond donors (Lipinski definition) is 1. The summed E-state index contributed by atoms with van der Waals surface area (Å²) in [5, 5.41) is 3.97. The minimum atomic E-state index is 0.491. The average molecular weight is 301 g/mol. The van der Waals surface area contributed by atoms with Crippen molar-refractivity contribution in [2.45, 2.75) is 56.0 Å². The summed E-state index contributed by atoms with van der Waals surface area (Å²) in [4.78, 5) is 1.36. The summed E-state index contributed by atoms with van der Waals surface area (Å²) in [6, 6.07) is 10.4. The van der Waals surface area contributed by atoms with Crippen molar-refractivity contribution in [3.63, 3.8) is 0 Å². The summed E-state index contributed by atoms with van der Waals surface area (Å²) in [5.41, 5.74) is 1.44. The molecule has 21 heavy (non-hydrogen) atoms. The normalized spacial score (nSPS) is 38.7. The molecule has 1 nitrogen and oxygen atoms in total. The van der Waals surface area contributed by atoms with Crippen molar-refractivity contribution in [1.29, 1.82) is 0 Å². The summed E-state index contributed by atoms with van der Waals surface area (Å²) in [7, 11) is 0. The van der Waals surface area contributed by atoms with E-state index in [1.54, 1.807) is 0 Å². The van der Waals surface area contributed by atoms with Crippen molar-refractivity contribution in [3.8, 4) is 0 Å². The molecule has 1 N–H and O–H groups in total. The van der Waals surface area contributed by atoms with E-state index in [0.29, 0.717) is 6.04 Å². The Hall–Kier alpha value is -0.470. The lowest BCUT2D eigenvalue weighted by molar-refractivity contribution is 0.200. The molecule has 4 rings (SSSR count). The Kier molecular flexibility index (Phi) is 3.79. The van der Waals surface area contributed by atoms with Crippen LogP contribution in [0, 0.1) is 23.7 Å². The topological polar surface area (TPSA) is 12.0 Å². The fourth-order valence-corrected chi connectivity index (χ4v) is 5.98. The summed E-state index contributed by atoms with van der Waals surface area (Å²) >= 11 is 1.82. The van der Waals surface area contributed by atoms with Crippen LogP contribution < -0.4 is 5.32 Å². The van der Waals surface area contributed by atoms with Crippen molar-refractivity contribution < 1.29 is 0 Å².